The number of carbonyl (C=O) groups excluding carboxylic acids is 3. The standard InChI is InChI=1S/C19H21N5O2.C2HF3O2/c1-23(2)11-10-21-19(26)13-6-8-15(9-7-13)24-12-14-4-3-5-16(18(20)25)17(14)22-24;3-2(4,5)1(6)7/h3-9,12H,10-11H2,1-2H3,(H2,20,25)(H,21,26);(H,6,7). The van der Waals surface area contributed by atoms with Gasteiger partial charge in [-0.15, -0.1) is 0 Å². The molecule has 0 aliphatic heterocycles. The van der Waals surface area contributed by atoms with E-state index in [4.69, 9.17) is 15.6 Å². The van der Waals surface area contributed by atoms with E-state index < -0.39 is 18.1 Å². The van der Waals surface area contributed by atoms with Crippen LogP contribution in [0.2, 0.25) is 0 Å². The summed E-state index contributed by atoms with van der Waals surface area (Å²) in [6.45, 7) is 1.50. The topological polar surface area (TPSA) is 135 Å². The molecule has 4 N–H and O–H groups in total. The molecule has 0 fully saturated rings. The van der Waals surface area contributed by atoms with Crippen molar-refractivity contribution in [1.29, 1.82) is 0 Å². The van der Waals surface area contributed by atoms with E-state index in [1.54, 1.807) is 28.9 Å². The van der Waals surface area contributed by atoms with Gasteiger partial charge in [0.1, 0.15) is 11.5 Å². The van der Waals surface area contributed by atoms with E-state index in [0.717, 1.165) is 17.6 Å². The van der Waals surface area contributed by atoms with Crippen molar-refractivity contribution in [3.8, 4) is 5.69 Å². The minimum absolute atomic E-state index is 0.0977. The number of primary amides is 1. The van der Waals surface area contributed by atoms with E-state index in [0.29, 0.717) is 23.2 Å². The van der Waals surface area contributed by atoms with Crippen LogP contribution < -0.4 is 21.1 Å². The first kappa shape index (κ1) is 25.3. The normalized spacial score (nSPS) is 11.1. The molecule has 0 radical (unpaired) electrons. The number of benzene rings is 2. The summed E-state index contributed by atoms with van der Waals surface area (Å²) in [4.78, 5) is 33.7. The van der Waals surface area contributed by atoms with Crippen LogP contribution in [0.1, 0.15) is 20.7 Å². The maximum absolute atomic E-state index is 12.1. The van der Waals surface area contributed by atoms with Crippen molar-refractivity contribution in [3.05, 3.63) is 59.8 Å². The van der Waals surface area contributed by atoms with E-state index in [1.165, 1.54) is 4.90 Å². The number of rotatable bonds is 6. The smallest absolute Gasteiger partial charge is 0.430 e. The summed E-state index contributed by atoms with van der Waals surface area (Å²) in [5.41, 5.74) is 7.75. The van der Waals surface area contributed by atoms with Crippen LogP contribution in [0.3, 0.4) is 0 Å². The third-order valence-corrected chi connectivity index (χ3v) is 4.34. The fourth-order valence-corrected chi connectivity index (χ4v) is 2.67. The molecule has 9 nitrogen and oxygen atoms in total. The van der Waals surface area contributed by atoms with Crippen LogP contribution in [0.5, 0.6) is 0 Å². The van der Waals surface area contributed by atoms with Crippen LogP contribution in [0.15, 0.2) is 48.7 Å². The van der Waals surface area contributed by atoms with E-state index in [9.17, 15) is 22.8 Å². The van der Waals surface area contributed by atoms with Crippen molar-refractivity contribution in [2.45, 2.75) is 6.18 Å². The van der Waals surface area contributed by atoms with Crippen LogP contribution in [-0.2, 0) is 4.79 Å². The molecule has 1 aromatic heterocycles. The van der Waals surface area contributed by atoms with Gasteiger partial charge in [-0.25, -0.2) is 4.68 Å². The number of nitrogens with two attached hydrogens (primary N) is 1. The summed E-state index contributed by atoms with van der Waals surface area (Å²) in [7, 11) is 4.08. The highest BCUT2D eigenvalue weighted by Crippen LogP contribution is 2.19. The second-order valence-electron chi connectivity index (χ2n) is 7.23. The molecule has 12 heteroatoms. The first-order chi connectivity index (χ1) is 15.4. The van der Waals surface area contributed by atoms with Gasteiger partial charge in [-0.05, 0) is 30.3 Å². The summed E-state index contributed by atoms with van der Waals surface area (Å²) in [5.74, 6) is -3.61. The number of hydrogen-bond donors (Lipinski definition) is 3. The monoisotopic (exact) mass is 465 g/mol. The highest BCUT2D eigenvalue weighted by molar-refractivity contribution is 6.04. The summed E-state index contributed by atoms with van der Waals surface area (Å²) < 4.78 is 33.2. The van der Waals surface area contributed by atoms with Gasteiger partial charge in [-0.3, -0.25) is 9.59 Å². The van der Waals surface area contributed by atoms with Crippen LogP contribution in [-0.4, -0.2) is 60.9 Å². The Hall–Kier alpha value is -3.93. The van der Waals surface area contributed by atoms with Crippen molar-refractivity contribution < 1.29 is 37.6 Å². The molecule has 0 atom stereocenters. The van der Waals surface area contributed by atoms with Gasteiger partial charge in [-0.1, -0.05) is 12.1 Å². The third kappa shape index (κ3) is 7.04. The number of alkyl halides is 3. The number of nitrogens with zero attached hydrogens (tertiary/aromatic N) is 2. The summed E-state index contributed by atoms with van der Waals surface area (Å²) >= 11 is 0. The lowest BCUT2D eigenvalue weighted by molar-refractivity contribution is -0.856. The first-order valence-electron chi connectivity index (χ1n) is 9.64. The average molecular weight is 465 g/mol. The number of halogens is 3. The number of hydrogen-bond acceptors (Lipinski definition) is 5. The van der Waals surface area contributed by atoms with E-state index >= 15 is 0 Å². The van der Waals surface area contributed by atoms with Crippen LogP contribution in [0.25, 0.3) is 16.6 Å². The molecule has 0 aliphatic rings. The summed E-state index contributed by atoms with van der Waals surface area (Å²) in [6, 6.07) is 12.5. The van der Waals surface area contributed by atoms with Gasteiger partial charge >= 0.3 is 6.18 Å². The Labute approximate surface area is 186 Å². The Balaban J connectivity index is 0.000000479. The quantitative estimate of drug-likeness (QED) is 0.443. The second-order valence-corrected chi connectivity index (χ2v) is 7.23. The predicted molar refractivity (Wildman–Crippen MR) is 111 cm³/mol. The van der Waals surface area contributed by atoms with Gasteiger partial charge in [0.05, 0.1) is 38.4 Å². The minimum atomic E-state index is -5.19. The van der Waals surface area contributed by atoms with E-state index in [1.807, 2.05) is 38.5 Å². The zero-order valence-electron chi connectivity index (χ0n) is 17.8. The molecule has 33 heavy (non-hydrogen) atoms. The lowest BCUT2D eigenvalue weighted by atomic mass is 10.1. The number of amides is 2. The van der Waals surface area contributed by atoms with Crippen molar-refractivity contribution in [2.75, 3.05) is 27.2 Å². The van der Waals surface area contributed by atoms with Gasteiger partial charge < -0.3 is 25.9 Å². The molecule has 1 heterocycles. The van der Waals surface area contributed by atoms with E-state index in [2.05, 4.69) is 10.4 Å². The Morgan fingerprint density at radius 3 is 2.24 bits per heavy atom. The average Bonchev–Trinajstić information content (AvgIpc) is 3.17. The van der Waals surface area contributed by atoms with Crippen LogP contribution in [0, 0.1) is 0 Å². The molecule has 0 spiro atoms. The molecule has 2 amide bonds. The number of nitrogens with one attached hydrogen (secondary N) is 2. The van der Waals surface area contributed by atoms with Crippen molar-refractivity contribution in [1.82, 2.24) is 15.1 Å². The second kappa shape index (κ2) is 10.6. The number of likely N-dealkylation sites (N-methyl/N-ethyl adjacent to an activating group) is 1. The number of quaternary nitrogens is 1. The van der Waals surface area contributed by atoms with Crippen molar-refractivity contribution in [2.24, 2.45) is 5.73 Å². The van der Waals surface area contributed by atoms with E-state index in [-0.39, 0.29) is 5.91 Å². The molecule has 0 aliphatic carbocycles. The maximum Gasteiger partial charge on any atom is 0.430 e. The van der Waals surface area contributed by atoms with Gasteiger partial charge in [0.25, 0.3) is 11.8 Å². The lowest BCUT2D eigenvalue weighted by Gasteiger charge is -2.09. The molecule has 3 rings (SSSR count). The van der Waals surface area contributed by atoms with Crippen LogP contribution in [0.4, 0.5) is 13.2 Å². The number of aliphatic carboxylic acids is 1. The largest absolute Gasteiger partial charge is 0.542 e. The highest BCUT2D eigenvalue weighted by Gasteiger charge is 2.28. The fraction of sp³-hybridized carbons (Fsp3) is 0.238. The molecule has 0 saturated heterocycles. The molecule has 2 aromatic carbocycles. The predicted octanol–water partition coefficient (Wildman–Crippen LogP) is -0.703. The molecule has 176 valence electrons. The summed E-state index contributed by atoms with van der Waals surface area (Å²) in [5, 5.41) is 17.0. The number of carbonyl (C=O) groups is 3. The van der Waals surface area contributed by atoms with Crippen LogP contribution >= 0.6 is 0 Å². The van der Waals surface area contributed by atoms with Gasteiger partial charge in [0, 0.05) is 17.1 Å². The number of fused-ring (bicyclic) bond motifs is 1. The molecule has 0 bridgehead atoms. The van der Waals surface area contributed by atoms with Gasteiger partial charge in [-0.2, -0.15) is 18.3 Å². The number of carboxylic acid groups (broad SMARTS) is 1. The fourth-order valence-electron chi connectivity index (χ4n) is 2.67. The molecule has 0 unspecified atom stereocenters. The minimum Gasteiger partial charge on any atom is -0.542 e. The third-order valence-electron chi connectivity index (χ3n) is 4.34. The SMILES string of the molecule is C[NH+](C)CCNC(=O)c1ccc(-n2cc3cccc(C(N)=O)c3n2)cc1.O=C([O-])C(F)(F)F. The summed E-state index contributed by atoms with van der Waals surface area (Å²) in [6.07, 6.45) is -3.36. The molecule has 3 aromatic rings. The Bertz CT molecular complexity index is 1140. The molecular formula is C21H22F3N5O4. The van der Waals surface area contributed by atoms with Crippen molar-refractivity contribution >= 4 is 28.7 Å². The molecule has 0 saturated carbocycles. The number of carboxylic acids is 1. The number of aromatic nitrogens is 2. The highest BCUT2D eigenvalue weighted by atomic mass is 19.4. The zero-order valence-corrected chi connectivity index (χ0v) is 17.8. The van der Waals surface area contributed by atoms with Gasteiger partial charge in [0.2, 0.25) is 0 Å². The first-order valence-corrected chi connectivity index (χ1v) is 9.64. The Morgan fingerprint density at radius 1 is 1.12 bits per heavy atom. The lowest BCUT2D eigenvalue weighted by Crippen LogP contribution is -3.06. The Morgan fingerprint density at radius 2 is 1.73 bits per heavy atom. The molecular weight excluding hydrogens is 443 g/mol. The Kier molecular flexibility index (Phi) is 8.13. The van der Waals surface area contributed by atoms with Gasteiger partial charge in [0.15, 0.2) is 0 Å². The zero-order chi connectivity index (χ0) is 24.8. The van der Waals surface area contributed by atoms with Crippen molar-refractivity contribution in [3.63, 3.8) is 0 Å². The maximum atomic E-state index is 12.1.